The van der Waals surface area contributed by atoms with E-state index in [1.54, 1.807) is 0 Å². The first kappa shape index (κ1) is 20.6. The van der Waals surface area contributed by atoms with Crippen molar-refractivity contribution in [3.8, 4) is 5.75 Å². The number of carbonyl (C=O) groups excluding carboxylic acids is 1. The van der Waals surface area contributed by atoms with Gasteiger partial charge in [0.25, 0.3) is 0 Å². The average molecular weight is 400 g/mol. The van der Waals surface area contributed by atoms with Crippen LogP contribution >= 0.6 is 0 Å². The normalized spacial score (nSPS) is 35.3. The molecule has 0 heterocycles. The van der Waals surface area contributed by atoms with Crippen LogP contribution < -0.4 is 5.32 Å². The topological polar surface area (TPSA) is 58.6 Å². The maximum atomic E-state index is 12.4. The molecule has 4 nitrogen and oxygen atoms in total. The van der Waals surface area contributed by atoms with Crippen molar-refractivity contribution >= 4 is 6.09 Å². The van der Waals surface area contributed by atoms with E-state index < -0.39 is 0 Å². The number of ether oxygens (including phenoxy) is 1. The number of fused-ring (bicyclic) bond motifs is 5. The first-order valence-corrected chi connectivity index (χ1v) is 11.7. The monoisotopic (exact) mass is 399 g/mol. The van der Waals surface area contributed by atoms with Gasteiger partial charge in [0.15, 0.2) is 0 Å². The van der Waals surface area contributed by atoms with Crippen molar-refractivity contribution in [2.75, 3.05) is 6.54 Å². The minimum atomic E-state index is -0.229. The van der Waals surface area contributed by atoms with Crippen LogP contribution in [0.2, 0.25) is 0 Å². The number of carbonyl (C=O) groups is 1. The van der Waals surface area contributed by atoms with E-state index in [1.165, 1.54) is 11.1 Å². The van der Waals surface area contributed by atoms with Gasteiger partial charge in [-0.3, -0.25) is 0 Å². The van der Waals surface area contributed by atoms with Gasteiger partial charge in [0, 0.05) is 12.0 Å². The van der Waals surface area contributed by atoms with Crippen LogP contribution in [0.15, 0.2) is 18.2 Å². The fourth-order valence-corrected chi connectivity index (χ4v) is 6.85. The molecule has 4 heteroatoms. The molecule has 3 aliphatic carbocycles. The number of nitrogens with one attached hydrogen (secondary N) is 1. The quantitative estimate of drug-likeness (QED) is 0.617. The molecule has 0 aliphatic heterocycles. The van der Waals surface area contributed by atoms with E-state index in [2.05, 4.69) is 32.2 Å². The lowest BCUT2D eigenvalue weighted by atomic mass is 9.53. The smallest absolute Gasteiger partial charge is 0.407 e. The molecule has 0 spiro atoms. The summed E-state index contributed by atoms with van der Waals surface area (Å²) in [5.41, 5.74) is 2.87. The zero-order valence-electron chi connectivity index (χ0n) is 18.2. The molecule has 6 atom stereocenters. The van der Waals surface area contributed by atoms with Crippen molar-refractivity contribution < 1.29 is 14.6 Å². The summed E-state index contributed by atoms with van der Waals surface area (Å²) >= 11 is 0. The Kier molecular flexibility index (Phi) is 5.81. The van der Waals surface area contributed by atoms with E-state index in [-0.39, 0.29) is 17.6 Å². The third-order valence-electron chi connectivity index (χ3n) is 8.27. The van der Waals surface area contributed by atoms with Gasteiger partial charge in [-0.25, -0.2) is 4.79 Å². The Bertz CT molecular complexity index is 748. The summed E-state index contributed by atoms with van der Waals surface area (Å²) in [5, 5.41) is 12.9. The number of hydrogen-bond donors (Lipinski definition) is 2. The number of hydrogen-bond acceptors (Lipinski definition) is 3. The second-order valence-electron chi connectivity index (χ2n) is 10.0. The van der Waals surface area contributed by atoms with E-state index >= 15 is 0 Å². The van der Waals surface area contributed by atoms with Crippen LogP contribution in [-0.2, 0) is 11.2 Å². The summed E-state index contributed by atoms with van der Waals surface area (Å²) in [4.78, 5) is 12.4. The fraction of sp³-hybridized carbons (Fsp3) is 0.720. The van der Waals surface area contributed by atoms with E-state index in [4.69, 9.17) is 4.74 Å². The second kappa shape index (κ2) is 8.20. The number of rotatable bonds is 5. The van der Waals surface area contributed by atoms with E-state index in [0.717, 1.165) is 51.4 Å². The third kappa shape index (κ3) is 3.75. The predicted molar refractivity (Wildman–Crippen MR) is 115 cm³/mol. The van der Waals surface area contributed by atoms with Gasteiger partial charge in [0.1, 0.15) is 11.9 Å². The van der Waals surface area contributed by atoms with Crippen LogP contribution in [0.4, 0.5) is 4.79 Å². The largest absolute Gasteiger partial charge is 0.508 e. The Morgan fingerprint density at radius 2 is 2.10 bits per heavy atom. The summed E-state index contributed by atoms with van der Waals surface area (Å²) in [7, 11) is 0. The maximum absolute atomic E-state index is 12.4. The number of amides is 1. The van der Waals surface area contributed by atoms with E-state index in [0.29, 0.717) is 36.0 Å². The van der Waals surface area contributed by atoms with Crippen LogP contribution in [-0.4, -0.2) is 23.8 Å². The number of aromatic hydroxyl groups is 1. The second-order valence-corrected chi connectivity index (χ2v) is 10.0. The van der Waals surface area contributed by atoms with Crippen LogP contribution in [0.3, 0.4) is 0 Å². The highest BCUT2D eigenvalue weighted by atomic mass is 16.6. The molecular formula is C25H37NO3. The van der Waals surface area contributed by atoms with Gasteiger partial charge in [0.05, 0.1) is 0 Å². The Morgan fingerprint density at radius 3 is 2.90 bits per heavy atom. The van der Waals surface area contributed by atoms with Crippen LogP contribution in [0.25, 0.3) is 0 Å². The van der Waals surface area contributed by atoms with Crippen molar-refractivity contribution in [3.63, 3.8) is 0 Å². The van der Waals surface area contributed by atoms with Gasteiger partial charge in [0.2, 0.25) is 0 Å². The minimum Gasteiger partial charge on any atom is -0.508 e. The van der Waals surface area contributed by atoms with Gasteiger partial charge < -0.3 is 15.2 Å². The highest BCUT2D eigenvalue weighted by Crippen LogP contribution is 2.62. The van der Waals surface area contributed by atoms with Gasteiger partial charge in [-0.05, 0) is 85.5 Å². The Hall–Kier alpha value is -1.71. The van der Waals surface area contributed by atoms with Crippen molar-refractivity contribution in [1.82, 2.24) is 5.32 Å². The Labute approximate surface area is 175 Å². The summed E-state index contributed by atoms with van der Waals surface area (Å²) in [5.74, 6) is 2.81. The van der Waals surface area contributed by atoms with Gasteiger partial charge in [-0.1, -0.05) is 39.7 Å². The molecule has 0 bridgehead atoms. The van der Waals surface area contributed by atoms with Crippen LogP contribution in [0.1, 0.15) is 82.8 Å². The van der Waals surface area contributed by atoms with Gasteiger partial charge in [-0.15, -0.1) is 0 Å². The highest BCUT2D eigenvalue weighted by Gasteiger charge is 2.57. The maximum Gasteiger partial charge on any atom is 0.407 e. The molecule has 2 fully saturated rings. The zero-order valence-corrected chi connectivity index (χ0v) is 18.2. The summed E-state index contributed by atoms with van der Waals surface area (Å²) in [6.45, 7) is 7.63. The Morgan fingerprint density at radius 1 is 1.28 bits per heavy atom. The first-order chi connectivity index (χ1) is 13.9. The van der Waals surface area contributed by atoms with E-state index in [9.17, 15) is 9.90 Å². The molecular weight excluding hydrogens is 362 g/mol. The number of benzene rings is 1. The number of unbranched alkanes of at least 4 members (excludes halogenated alkanes) is 2. The van der Waals surface area contributed by atoms with Crippen molar-refractivity contribution in [2.45, 2.75) is 84.2 Å². The van der Waals surface area contributed by atoms with E-state index in [1.807, 2.05) is 12.1 Å². The number of alkyl carbamates (subject to hydrolysis) is 1. The first-order valence-electron chi connectivity index (χ1n) is 11.7. The zero-order chi connectivity index (χ0) is 20.6. The van der Waals surface area contributed by atoms with Gasteiger partial charge >= 0.3 is 6.09 Å². The molecule has 29 heavy (non-hydrogen) atoms. The van der Waals surface area contributed by atoms with Crippen molar-refractivity contribution in [1.29, 1.82) is 0 Å². The third-order valence-corrected chi connectivity index (χ3v) is 8.27. The van der Waals surface area contributed by atoms with Crippen LogP contribution in [0.5, 0.6) is 5.75 Å². The highest BCUT2D eigenvalue weighted by molar-refractivity contribution is 5.67. The molecule has 0 saturated heterocycles. The predicted octanol–water partition coefficient (Wildman–Crippen LogP) is 5.78. The Balaban J connectivity index is 1.46. The minimum absolute atomic E-state index is 0.0352. The average Bonchev–Trinajstić information content (AvgIpc) is 3.01. The molecule has 2 saturated carbocycles. The molecule has 1 amide bonds. The molecule has 4 rings (SSSR count). The summed E-state index contributed by atoms with van der Waals surface area (Å²) in [6, 6.07) is 5.98. The molecule has 3 unspecified atom stereocenters. The summed E-state index contributed by atoms with van der Waals surface area (Å²) in [6.07, 6.45) is 8.57. The molecule has 160 valence electrons. The molecule has 0 aromatic heterocycles. The standard InChI is InChI=1S/C25H37NO3/c1-4-5-6-13-26-24(28)29-22-10-9-21-23-16(2)14-17-15-18(27)7-8-19(17)20(23)11-12-25(21,22)3/h7-8,15-16,20-23,27H,4-6,9-14H2,1-3H3,(H,26,28)/t16-,20?,21?,22+,23?,25+/m1/s1. The van der Waals surface area contributed by atoms with Crippen molar-refractivity contribution in [2.24, 2.45) is 23.2 Å². The van der Waals surface area contributed by atoms with Crippen molar-refractivity contribution in [3.05, 3.63) is 29.3 Å². The molecule has 1 aromatic rings. The lowest BCUT2D eigenvalue weighted by Crippen LogP contribution is -2.48. The fourth-order valence-electron chi connectivity index (χ4n) is 6.85. The molecule has 2 N–H and O–H groups in total. The summed E-state index contributed by atoms with van der Waals surface area (Å²) < 4.78 is 5.98. The number of phenols is 1. The lowest BCUT2D eigenvalue weighted by molar-refractivity contribution is -0.0423. The molecule has 3 aliphatic rings. The SMILES string of the molecule is CCCCCNC(=O)O[C@H]1CCC2C3C(CC[C@@]21C)c1ccc(O)cc1C[C@H]3C. The molecule has 0 radical (unpaired) electrons. The molecule has 1 aromatic carbocycles. The van der Waals surface area contributed by atoms with Crippen LogP contribution in [0, 0.1) is 23.2 Å². The van der Waals surface area contributed by atoms with Gasteiger partial charge in [-0.2, -0.15) is 0 Å². The number of phenolic OH excluding ortho intramolecular Hbond substituents is 1. The lowest BCUT2D eigenvalue weighted by Gasteiger charge is -2.52.